The minimum absolute atomic E-state index is 0.0993. The Morgan fingerprint density at radius 2 is 1.24 bits per heavy atom. The van der Waals surface area contributed by atoms with E-state index in [2.05, 4.69) is 0 Å². The molecule has 12 nitrogen and oxygen atoms in total. The fourth-order valence-electron chi connectivity index (χ4n) is 4.10. The van der Waals surface area contributed by atoms with Gasteiger partial charge >= 0.3 is 24.4 Å². The second kappa shape index (κ2) is 18.1. The van der Waals surface area contributed by atoms with E-state index in [4.69, 9.17) is 38.9 Å². The highest BCUT2D eigenvalue weighted by Crippen LogP contribution is 2.32. The zero-order valence-electron chi connectivity index (χ0n) is 26.1. The average molecular weight is 598 g/mol. The SMILES string of the molecule is CCCC(C)OC(=O)Oc1ccc(CC(N)(C[C@H](C)OC(=O)O[C@@H](C)CC)C(=O)OC)cc1OC(=O)OC(C)CCC. The summed E-state index contributed by atoms with van der Waals surface area (Å²) in [7, 11) is 1.19. The summed E-state index contributed by atoms with van der Waals surface area (Å²) >= 11 is 0. The molecule has 0 aliphatic rings. The first-order valence-electron chi connectivity index (χ1n) is 14.4. The molecule has 1 aromatic rings. The van der Waals surface area contributed by atoms with Gasteiger partial charge in [0, 0.05) is 12.8 Å². The van der Waals surface area contributed by atoms with Crippen LogP contribution in [0.4, 0.5) is 14.4 Å². The first-order chi connectivity index (χ1) is 19.8. The molecule has 0 aromatic heterocycles. The molecule has 0 saturated carbocycles. The maximum atomic E-state index is 12.8. The first kappa shape index (κ1) is 36.5. The minimum atomic E-state index is -1.64. The second-order valence-corrected chi connectivity index (χ2v) is 10.5. The maximum absolute atomic E-state index is 12.8. The highest BCUT2D eigenvalue weighted by molar-refractivity contribution is 5.81. The van der Waals surface area contributed by atoms with Gasteiger partial charge in [-0.3, -0.25) is 4.79 Å². The molecule has 0 amide bonds. The smallest absolute Gasteiger partial charge is 0.468 e. The van der Waals surface area contributed by atoms with E-state index in [-0.39, 0.29) is 36.5 Å². The molecular weight excluding hydrogens is 550 g/mol. The number of hydrogen-bond acceptors (Lipinski definition) is 12. The lowest BCUT2D eigenvalue weighted by Crippen LogP contribution is -2.53. The molecule has 0 radical (unpaired) electrons. The Morgan fingerprint density at radius 3 is 1.74 bits per heavy atom. The molecule has 0 aliphatic carbocycles. The number of benzene rings is 1. The minimum Gasteiger partial charge on any atom is -0.468 e. The Labute approximate surface area is 248 Å². The predicted octanol–water partition coefficient (Wildman–Crippen LogP) is 6.24. The van der Waals surface area contributed by atoms with Crippen LogP contribution in [0.3, 0.4) is 0 Å². The van der Waals surface area contributed by atoms with Gasteiger partial charge in [-0.2, -0.15) is 0 Å². The van der Waals surface area contributed by atoms with Crippen LogP contribution in [0.5, 0.6) is 11.5 Å². The number of hydrogen-bond donors (Lipinski definition) is 1. The largest absolute Gasteiger partial charge is 0.514 e. The second-order valence-electron chi connectivity index (χ2n) is 10.5. The average Bonchev–Trinajstić information content (AvgIpc) is 2.89. The zero-order valence-corrected chi connectivity index (χ0v) is 26.1. The lowest BCUT2D eigenvalue weighted by molar-refractivity contribution is -0.148. The van der Waals surface area contributed by atoms with Gasteiger partial charge in [0.15, 0.2) is 11.5 Å². The monoisotopic (exact) mass is 597 g/mol. The van der Waals surface area contributed by atoms with Crippen LogP contribution < -0.4 is 15.2 Å². The number of rotatable bonds is 16. The topological polar surface area (TPSA) is 159 Å². The van der Waals surface area contributed by atoms with E-state index >= 15 is 0 Å². The van der Waals surface area contributed by atoms with Crippen molar-refractivity contribution in [3.8, 4) is 11.5 Å². The van der Waals surface area contributed by atoms with Crippen molar-refractivity contribution < 1.29 is 52.3 Å². The number of ether oxygens (including phenoxy) is 7. The van der Waals surface area contributed by atoms with E-state index < -0.39 is 42.2 Å². The maximum Gasteiger partial charge on any atom is 0.514 e. The zero-order chi connectivity index (χ0) is 31.9. The summed E-state index contributed by atoms with van der Waals surface area (Å²) in [6.07, 6.45) is -1.51. The van der Waals surface area contributed by atoms with Crippen molar-refractivity contribution in [2.24, 2.45) is 5.73 Å². The van der Waals surface area contributed by atoms with Crippen molar-refractivity contribution in [3.05, 3.63) is 23.8 Å². The highest BCUT2D eigenvalue weighted by atomic mass is 16.8. The summed E-state index contributed by atoms with van der Waals surface area (Å²) in [5.74, 6) is -0.995. The summed E-state index contributed by atoms with van der Waals surface area (Å²) in [5.41, 5.74) is 5.28. The van der Waals surface area contributed by atoms with Crippen LogP contribution in [-0.2, 0) is 34.9 Å². The molecule has 42 heavy (non-hydrogen) atoms. The molecule has 3 unspecified atom stereocenters. The number of carbonyl (C=O) groups excluding carboxylic acids is 4. The van der Waals surface area contributed by atoms with E-state index in [1.165, 1.54) is 19.2 Å². The Bertz CT molecular complexity index is 1030. The Morgan fingerprint density at radius 1 is 0.738 bits per heavy atom. The molecule has 1 aromatic carbocycles. The molecule has 0 heterocycles. The molecule has 5 atom stereocenters. The summed E-state index contributed by atoms with van der Waals surface area (Å²) in [5, 5.41) is 0. The van der Waals surface area contributed by atoms with Gasteiger partial charge in [0.05, 0.1) is 7.11 Å². The fraction of sp³-hybridized carbons (Fsp3) is 0.667. The lowest BCUT2D eigenvalue weighted by Gasteiger charge is -2.29. The standard InChI is InChI=1S/C30H47NO11/c1-9-12-20(5)38-28(34)41-24-15-14-23(16-25(24)42-29(35)39-21(6)13-10-2)18-30(31,26(32)36-8)17-22(7)40-27(33)37-19(4)11-3/h14-16,19-22H,9-13,17-18,31H2,1-8H3/t19-,20?,21?,22-,30?/m0/s1. The molecule has 0 spiro atoms. The Hall–Kier alpha value is -3.54. The van der Waals surface area contributed by atoms with Crippen LogP contribution in [0.25, 0.3) is 0 Å². The normalized spacial score (nSPS) is 15.2. The molecular formula is C30H47NO11. The molecule has 0 aliphatic heterocycles. The quantitative estimate of drug-likeness (QED) is 0.130. The van der Waals surface area contributed by atoms with Gasteiger partial charge in [-0.1, -0.05) is 39.7 Å². The van der Waals surface area contributed by atoms with E-state index in [9.17, 15) is 19.2 Å². The van der Waals surface area contributed by atoms with Crippen molar-refractivity contribution >= 4 is 24.4 Å². The van der Waals surface area contributed by atoms with Crippen LogP contribution in [-0.4, -0.2) is 61.5 Å². The molecule has 12 heteroatoms. The molecule has 0 fully saturated rings. The number of esters is 1. The van der Waals surface area contributed by atoms with Crippen LogP contribution in [0.15, 0.2) is 18.2 Å². The first-order valence-corrected chi connectivity index (χ1v) is 14.4. The van der Waals surface area contributed by atoms with Crippen LogP contribution >= 0.6 is 0 Å². The van der Waals surface area contributed by atoms with E-state index in [1.54, 1.807) is 33.8 Å². The van der Waals surface area contributed by atoms with Gasteiger partial charge < -0.3 is 38.9 Å². The van der Waals surface area contributed by atoms with E-state index in [1.807, 2.05) is 20.8 Å². The molecule has 1 rings (SSSR count). The fourth-order valence-corrected chi connectivity index (χ4v) is 4.10. The van der Waals surface area contributed by atoms with Crippen LogP contribution in [0, 0.1) is 0 Å². The Kier molecular flexibility index (Phi) is 15.7. The summed E-state index contributed by atoms with van der Waals surface area (Å²) in [4.78, 5) is 49.8. The summed E-state index contributed by atoms with van der Waals surface area (Å²) in [6.45, 7) is 12.5. The van der Waals surface area contributed by atoms with E-state index in [0.29, 0.717) is 24.8 Å². The molecule has 2 N–H and O–H groups in total. The van der Waals surface area contributed by atoms with Crippen molar-refractivity contribution in [1.82, 2.24) is 0 Å². The summed E-state index contributed by atoms with van der Waals surface area (Å²) < 4.78 is 36.6. The molecule has 0 saturated heterocycles. The van der Waals surface area contributed by atoms with Crippen molar-refractivity contribution in [2.75, 3.05) is 7.11 Å². The van der Waals surface area contributed by atoms with Gasteiger partial charge in [-0.15, -0.1) is 0 Å². The number of nitrogens with two attached hydrogens (primary N) is 1. The van der Waals surface area contributed by atoms with Gasteiger partial charge in [-0.05, 0) is 64.7 Å². The van der Waals surface area contributed by atoms with Crippen molar-refractivity contribution in [1.29, 1.82) is 0 Å². The summed E-state index contributed by atoms with van der Waals surface area (Å²) in [6, 6.07) is 4.33. The number of methoxy groups -OCH3 is 1. The highest BCUT2D eigenvalue weighted by Gasteiger charge is 2.38. The van der Waals surface area contributed by atoms with Crippen molar-refractivity contribution in [2.45, 2.75) is 123 Å². The van der Waals surface area contributed by atoms with Gasteiger partial charge in [0.1, 0.15) is 30.0 Å². The van der Waals surface area contributed by atoms with Gasteiger partial charge in [-0.25, -0.2) is 14.4 Å². The van der Waals surface area contributed by atoms with Crippen LogP contribution in [0.2, 0.25) is 0 Å². The third kappa shape index (κ3) is 13.0. The Balaban J connectivity index is 3.25. The van der Waals surface area contributed by atoms with Crippen molar-refractivity contribution in [3.63, 3.8) is 0 Å². The van der Waals surface area contributed by atoms with Crippen LogP contribution in [0.1, 0.15) is 92.6 Å². The van der Waals surface area contributed by atoms with E-state index in [0.717, 1.165) is 12.8 Å². The van der Waals surface area contributed by atoms with Gasteiger partial charge in [0.2, 0.25) is 0 Å². The number of carbonyl (C=O) groups is 4. The third-order valence-corrected chi connectivity index (χ3v) is 6.31. The van der Waals surface area contributed by atoms with Gasteiger partial charge in [0.25, 0.3) is 0 Å². The third-order valence-electron chi connectivity index (χ3n) is 6.31. The predicted molar refractivity (Wildman–Crippen MR) is 153 cm³/mol. The molecule has 238 valence electrons. The lowest BCUT2D eigenvalue weighted by atomic mass is 9.86. The molecule has 0 bridgehead atoms.